The second kappa shape index (κ2) is 10.3. The minimum Gasteiger partial charge on any atom is -0.505 e. The van der Waals surface area contributed by atoms with Crippen molar-refractivity contribution in [2.45, 2.75) is 19.8 Å². The van der Waals surface area contributed by atoms with Crippen LogP contribution >= 0.6 is 0 Å². The number of carbonyl (C=O) groups is 1. The van der Waals surface area contributed by atoms with Crippen molar-refractivity contribution in [1.82, 2.24) is 4.57 Å². The molecule has 0 bridgehead atoms. The normalized spacial score (nSPS) is 11.5. The van der Waals surface area contributed by atoms with Crippen molar-refractivity contribution in [3.63, 3.8) is 0 Å². The van der Waals surface area contributed by atoms with Crippen LogP contribution in [-0.4, -0.2) is 26.0 Å². The molecule has 0 unspecified atom stereocenters. The van der Waals surface area contributed by atoms with E-state index in [2.05, 4.69) is 24.1 Å². The first-order valence-electron chi connectivity index (χ1n) is 12.1. The fourth-order valence-corrected chi connectivity index (χ4v) is 4.38. The van der Waals surface area contributed by atoms with E-state index >= 15 is 0 Å². The van der Waals surface area contributed by atoms with E-state index in [9.17, 15) is 19.4 Å². The quantitative estimate of drug-likeness (QED) is 0.117. The monoisotopic (exact) mass is 525 g/mol. The molecule has 0 saturated heterocycles. The van der Waals surface area contributed by atoms with E-state index < -0.39 is 12.0 Å². The van der Waals surface area contributed by atoms with Gasteiger partial charge in [-0.25, -0.2) is 9.18 Å². The molecule has 4 aromatic carbocycles. The molecule has 1 aromatic heterocycles. The van der Waals surface area contributed by atoms with Crippen molar-refractivity contribution < 1.29 is 29.2 Å². The Bertz CT molecular complexity index is 1730. The average molecular weight is 526 g/mol. The molecule has 1 heterocycles. The van der Waals surface area contributed by atoms with Gasteiger partial charge in [-0.1, -0.05) is 50.2 Å². The molecule has 0 saturated carbocycles. The second-order valence-electron chi connectivity index (χ2n) is 9.18. The number of para-hydroxylation sites is 1. The van der Waals surface area contributed by atoms with Crippen LogP contribution in [0, 0.1) is 5.82 Å². The van der Waals surface area contributed by atoms with Crippen LogP contribution in [0.2, 0.25) is 0 Å². The Morgan fingerprint density at radius 3 is 2.38 bits per heavy atom. The number of phenols is 1. The van der Waals surface area contributed by atoms with Crippen molar-refractivity contribution >= 4 is 28.4 Å². The summed E-state index contributed by atoms with van der Waals surface area (Å²) in [6.45, 7) is 4.16. The number of nitrogens with zero attached hydrogens (tertiary/aromatic N) is 3. The molecule has 8 nitrogen and oxygen atoms in total. The summed E-state index contributed by atoms with van der Waals surface area (Å²) in [5.74, 6) is -0.481. The number of rotatable bonds is 6. The van der Waals surface area contributed by atoms with Gasteiger partial charge < -0.3 is 20.1 Å². The molecule has 196 valence electrons. The summed E-state index contributed by atoms with van der Waals surface area (Å²) in [5.41, 5.74) is 3.26. The first-order chi connectivity index (χ1) is 18.7. The number of azo groups is 1. The third-order valence-corrected chi connectivity index (χ3v) is 6.32. The summed E-state index contributed by atoms with van der Waals surface area (Å²) in [6, 6.07) is 22.8. The average Bonchev–Trinajstić information content (AvgIpc) is 3.18. The summed E-state index contributed by atoms with van der Waals surface area (Å²) < 4.78 is 20.4. The van der Waals surface area contributed by atoms with Crippen LogP contribution in [0.25, 0.3) is 27.7 Å². The Morgan fingerprint density at radius 2 is 1.67 bits per heavy atom. The van der Waals surface area contributed by atoms with Gasteiger partial charge in [-0.2, -0.15) is 0 Å². The molecular formula is C30H24FN3O5. The Balaban J connectivity index is 1.57. The number of halogens is 1. The highest BCUT2D eigenvalue weighted by Gasteiger charge is 2.19. The molecule has 5 rings (SSSR count). The summed E-state index contributed by atoms with van der Waals surface area (Å²) in [7, 11) is 0. The zero-order valence-electron chi connectivity index (χ0n) is 21.0. The van der Waals surface area contributed by atoms with E-state index in [0.717, 1.165) is 5.56 Å². The largest absolute Gasteiger partial charge is 0.511 e. The highest BCUT2D eigenvalue weighted by atomic mass is 19.1. The van der Waals surface area contributed by atoms with Crippen molar-refractivity contribution in [2.24, 2.45) is 10.2 Å². The number of hydrogen-bond donors (Lipinski definition) is 3. The van der Waals surface area contributed by atoms with Gasteiger partial charge >= 0.3 is 6.16 Å². The summed E-state index contributed by atoms with van der Waals surface area (Å²) in [6.07, 6.45) is -1.45. The summed E-state index contributed by atoms with van der Waals surface area (Å²) in [5, 5.41) is 39.9. The zero-order valence-corrected chi connectivity index (χ0v) is 21.0. The molecule has 0 aliphatic heterocycles. The van der Waals surface area contributed by atoms with Gasteiger partial charge in [0.25, 0.3) is 0 Å². The predicted molar refractivity (Wildman–Crippen MR) is 145 cm³/mol. The number of benzene rings is 4. The van der Waals surface area contributed by atoms with E-state index in [0.29, 0.717) is 33.6 Å². The number of aromatic hydroxyl groups is 2. The molecule has 0 aliphatic rings. The summed E-state index contributed by atoms with van der Waals surface area (Å²) >= 11 is 0. The van der Waals surface area contributed by atoms with Gasteiger partial charge in [0.2, 0.25) is 5.88 Å². The maximum atomic E-state index is 14.2. The lowest BCUT2D eigenvalue weighted by Gasteiger charge is -2.10. The van der Waals surface area contributed by atoms with Gasteiger partial charge in [0.15, 0.2) is 11.4 Å². The first-order valence-corrected chi connectivity index (χ1v) is 12.1. The maximum Gasteiger partial charge on any atom is 0.511 e. The molecule has 3 N–H and O–H groups in total. The molecule has 9 heteroatoms. The highest BCUT2D eigenvalue weighted by Crippen LogP contribution is 2.44. The third-order valence-electron chi connectivity index (χ3n) is 6.32. The lowest BCUT2D eigenvalue weighted by molar-refractivity contribution is 0.144. The predicted octanol–water partition coefficient (Wildman–Crippen LogP) is 8.44. The molecule has 0 fully saturated rings. The highest BCUT2D eigenvalue weighted by molar-refractivity contribution is 5.96. The smallest absolute Gasteiger partial charge is 0.505 e. The van der Waals surface area contributed by atoms with E-state index in [4.69, 9.17) is 9.84 Å². The van der Waals surface area contributed by atoms with Crippen molar-refractivity contribution in [1.29, 1.82) is 0 Å². The fraction of sp³-hybridized carbons (Fsp3) is 0.100. The van der Waals surface area contributed by atoms with Gasteiger partial charge in [0.1, 0.15) is 17.3 Å². The van der Waals surface area contributed by atoms with Crippen LogP contribution < -0.4 is 4.74 Å². The van der Waals surface area contributed by atoms with Crippen LogP contribution in [0.1, 0.15) is 25.3 Å². The lowest BCUT2D eigenvalue weighted by atomic mass is 10.0. The number of ether oxygens (including phenoxy) is 1. The Labute approximate surface area is 222 Å². The minimum atomic E-state index is -1.45. The van der Waals surface area contributed by atoms with Crippen LogP contribution in [0.5, 0.6) is 17.4 Å². The second-order valence-corrected chi connectivity index (χ2v) is 9.18. The number of hydrogen-bond acceptors (Lipinski definition) is 6. The van der Waals surface area contributed by atoms with Crippen molar-refractivity contribution in [2.75, 3.05) is 0 Å². The van der Waals surface area contributed by atoms with Crippen LogP contribution in [0.4, 0.5) is 20.6 Å². The molecule has 0 atom stereocenters. The fourth-order valence-electron chi connectivity index (χ4n) is 4.38. The number of carboxylic acid groups (broad SMARTS) is 1. The summed E-state index contributed by atoms with van der Waals surface area (Å²) in [4.78, 5) is 10.9. The van der Waals surface area contributed by atoms with E-state index in [-0.39, 0.29) is 28.8 Å². The van der Waals surface area contributed by atoms with Gasteiger partial charge in [-0.15, -0.1) is 10.2 Å². The number of fused-ring (bicyclic) bond motifs is 1. The van der Waals surface area contributed by atoms with Crippen LogP contribution in [0.3, 0.4) is 0 Å². The van der Waals surface area contributed by atoms with Crippen LogP contribution in [0.15, 0.2) is 95.2 Å². The number of phenolic OH excluding ortho intramolecular Hbond substituents is 1. The first kappa shape index (κ1) is 25.5. The Morgan fingerprint density at radius 1 is 0.923 bits per heavy atom. The molecule has 0 amide bonds. The topological polar surface area (TPSA) is 117 Å². The lowest BCUT2D eigenvalue weighted by Crippen LogP contribution is -2.02. The SMILES string of the molecule is CC(C)c1ccc(-n2c(O)c(N=Nc3cccc(-c4cccc(OC(=O)O)c4)c3O)c3ccc(F)cc32)cc1. The van der Waals surface area contributed by atoms with Gasteiger partial charge in [-0.05, 0) is 65.6 Å². The molecule has 5 aromatic rings. The van der Waals surface area contributed by atoms with Crippen molar-refractivity contribution in [3.8, 4) is 34.2 Å². The van der Waals surface area contributed by atoms with Crippen LogP contribution in [-0.2, 0) is 0 Å². The van der Waals surface area contributed by atoms with Gasteiger partial charge in [0.05, 0.1) is 5.52 Å². The Hall–Kier alpha value is -5.18. The van der Waals surface area contributed by atoms with Crippen molar-refractivity contribution in [3.05, 3.63) is 96.3 Å². The third kappa shape index (κ3) is 5.02. The molecule has 0 spiro atoms. The number of aromatic nitrogens is 1. The maximum absolute atomic E-state index is 14.2. The standard InChI is InChI=1S/C30H24FN3O5/c1-17(2)18-9-12-21(13-10-18)34-26-16-20(31)11-14-24(26)27(29(34)36)33-32-25-8-4-7-23(28(25)35)19-5-3-6-22(15-19)39-30(37)38/h3-17,35-36H,1-2H3,(H,37,38). The van der Waals surface area contributed by atoms with Gasteiger partial charge in [-0.3, -0.25) is 4.57 Å². The minimum absolute atomic E-state index is 0.0952. The van der Waals surface area contributed by atoms with E-state index in [1.807, 2.05) is 24.3 Å². The molecule has 0 aliphatic carbocycles. The molecule has 39 heavy (non-hydrogen) atoms. The van der Waals surface area contributed by atoms with E-state index in [1.54, 1.807) is 30.3 Å². The molecule has 0 radical (unpaired) electrons. The Kier molecular flexibility index (Phi) is 6.72. The van der Waals surface area contributed by atoms with Gasteiger partial charge in [0, 0.05) is 16.6 Å². The zero-order chi connectivity index (χ0) is 27.7. The van der Waals surface area contributed by atoms with E-state index in [1.165, 1.54) is 34.9 Å². The molecular weight excluding hydrogens is 501 g/mol.